The number of methoxy groups -OCH3 is 1. The van der Waals surface area contributed by atoms with Gasteiger partial charge in [0.25, 0.3) is 0 Å². The number of hydrogen-bond acceptors (Lipinski definition) is 5. The zero-order valence-corrected chi connectivity index (χ0v) is 14.5. The minimum absolute atomic E-state index is 0.0460. The maximum atomic E-state index is 11.6. The third-order valence-corrected chi connectivity index (χ3v) is 3.97. The Hall–Kier alpha value is -1.67. The van der Waals surface area contributed by atoms with Crippen molar-refractivity contribution in [3.63, 3.8) is 0 Å². The molecule has 0 saturated heterocycles. The lowest BCUT2D eigenvalue weighted by atomic mass is 10.4. The summed E-state index contributed by atoms with van der Waals surface area (Å²) < 4.78 is 5.01. The minimum Gasteiger partial charge on any atom is -0.383 e. The topological polar surface area (TPSA) is 78.9 Å². The summed E-state index contributed by atoms with van der Waals surface area (Å²) in [5, 5.41) is 7.31. The number of thiazole rings is 1. The van der Waals surface area contributed by atoms with E-state index in [2.05, 4.69) is 27.5 Å². The normalized spacial score (nSPS) is 11.4. The number of guanidine groups is 1. The Morgan fingerprint density at radius 3 is 2.82 bits per heavy atom. The van der Waals surface area contributed by atoms with E-state index in [9.17, 15) is 4.79 Å². The van der Waals surface area contributed by atoms with E-state index in [0.29, 0.717) is 25.7 Å². The number of nitrogens with one attached hydrogen (secondary N) is 2. The predicted molar refractivity (Wildman–Crippen MR) is 89.2 cm³/mol. The standard InChI is InChI=1S/C14H25N5O2S/c1-5-11-8-16-12(22-11)9-17-14(15-6-7-21-4)18-10-13(20)19(2)3/h8H,5-7,9-10H2,1-4H3,(H2,15,17,18). The molecule has 0 spiro atoms. The van der Waals surface area contributed by atoms with Crippen molar-refractivity contribution in [2.75, 3.05) is 40.9 Å². The number of amides is 1. The summed E-state index contributed by atoms with van der Waals surface area (Å²) >= 11 is 1.68. The summed E-state index contributed by atoms with van der Waals surface area (Å²) in [4.78, 5) is 23.0. The average Bonchev–Trinajstić information content (AvgIpc) is 2.97. The monoisotopic (exact) mass is 327 g/mol. The van der Waals surface area contributed by atoms with Crippen LogP contribution in [0.5, 0.6) is 0 Å². The Labute approximate surface area is 135 Å². The van der Waals surface area contributed by atoms with Crippen molar-refractivity contribution in [1.29, 1.82) is 0 Å². The second-order valence-electron chi connectivity index (χ2n) is 4.80. The number of ether oxygens (including phenoxy) is 1. The van der Waals surface area contributed by atoms with E-state index < -0.39 is 0 Å². The Morgan fingerprint density at radius 1 is 1.45 bits per heavy atom. The highest BCUT2D eigenvalue weighted by molar-refractivity contribution is 7.11. The first-order chi connectivity index (χ1) is 10.6. The van der Waals surface area contributed by atoms with Crippen molar-refractivity contribution in [3.8, 4) is 0 Å². The smallest absolute Gasteiger partial charge is 0.243 e. The van der Waals surface area contributed by atoms with Crippen LogP contribution in [-0.4, -0.2) is 62.7 Å². The van der Waals surface area contributed by atoms with Gasteiger partial charge in [-0.15, -0.1) is 11.3 Å². The van der Waals surface area contributed by atoms with E-state index in [4.69, 9.17) is 4.74 Å². The number of aliphatic imine (C=N–C) groups is 1. The van der Waals surface area contributed by atoms with Crippen LogP contribution in [0.4, 0.5) is 0 Å². The van der Waals surface area contributed by atoms with Gasteiger partial charge in [0.15, 0.2) is 5.96 Å². The van der Waals surface area contributed by atoms with Gasteiger partial charge in [0.1, 0.15) is 11.6 Å². The maximum Gasteiger partial charge on any atom is 0.243 e. The number of carbonyl (C=O) groups excluding carboxylic acids is 1. The number of carbonyl (C=O) groups is 1. The van der Waals surface area contributed by atoms with E-state index in [-0.39, 0.29) is 12.5 Å². The molecule has 124 valence electrons. The fourth-order valence-corrected chi connectivity index (χ4v) is 2.29. The van der Waals surface area contributed by atoms with Crippen molar-refractivity contribution in [3.05, 3.63) is 16.1 Å². The van der Waals surface area contributed by atoms with Crippen molar-refractivity contribution < 1.29 is 9.53 Å². The quantitative estimate of drug-likeness (QED) is 0.412. The summed E-state index contributed by atoms with van der Waals surface area (Å²) in [7, 11) is 5.07. The molecule has 1 heterocycles. The number of nitrogens with zero attached hydrogens (tertiary/aromatic N) is 3. The molecule has 0 aliphatic rings. The molecule has 1 amide bonds. The van der Waals surface area contributed by atoms with Crippen molar-refractivity contribution in [2.24, 2.45) is 4.99 Å². The van der Waals surface area contributed by atoms with Crippen molar-refractivity contribution >= 4 is 23.2 Å². The van der Waals surface area contributed by atoms with E-state index in [1.165, 1.54) is 9.78 Å². The third kappa shape index (κ3) is 6.86. The van der Waals surface area contributed by atoms with Crippen LogP contribution in [0.3, 0.4) is 0 Å². The molecule has 2 N–H and O–H groups in total. The second kappa shape index (κ2) is 10.1. The van der Waals surface area contributed by atoms with Crippen molar-refractivity contribution in [1.82, 2.24) is 20.5 Å². The van der Waals surface area contributed by atoms with E-state index >= 15 is 0 Å². The fraction of sp³-hybridized carbons (Fsp3) is 0.643. The number of likely N-dealkylation sites (N-methyl/N-ethyl adjacent to an activating group) is 1. The van der Waals surface area contributed by atoms with Gasteiger partial charge >= 0.3 is 0 Å². The number of hydrogen-bond donors (Lipinski definition) is 2. The number of aryl methyl sites for hydroxylation is 1. The molecule has 0 radical (unpaired) electrons. The first-order valence-corrected chi connectivity index (χ1v) is 8.03. The number of rotatable bonds is 8. The van der Waals surface area contributed by atoms with Crippen molar-refractivity contribution in [2.45, 2.75) is 19.9 Å². The van der Waals surface area contributed by atoms with Gasteiger partial charge < -0.3 is 20.3 Å². The molecule has 0 atom stereocenters. The summed E-state index contributed by atoms with van der Waals surface area (Å²) in [6, 6.07) is 0. The number of aromatic nitrogens is 1. The molecule has 0 aliphatic carbocycles. The van der Waals surface area contributed by atoms with Crippen LogP contribution < -0.4 is 10.6 Å². The van der Waals surface area contributed by atoms with Crippen LogP contribution in [-0.2, 0) is 22.5 Å². The SMILES string of the molecule is CCc1cnc(CNC(=NCC(=O)N(C)C)NCCOC)s1. The van der Waals surface area contributed by atoms with Gasteiger partial charge in [0, 0.05) is 38.8 Å². The zero-order valence-electron chi connectivity index (χ0n) is 13.7. The highest BCUT2D eigenvalue weighted by atomic mass is 32.1. The molecule has 0 bridgehead atoms. The summed E-state index contributed by atoms with van der Waals surface area (Å²) in [5.41, 5.74) is 0. The van der Waals surface area contributed by atoms with Gasteiger partial charge in [-0.05, 0) is 6.42 Å². The Morgan fingerprint density at radius 2 is 2.23 bits per heavy atom. The van der Waals surface area contributed by atoms with Crippen LogP contribution in [0.2, 0.25) is 0 Å². The Kier molecular flexibility index (Phi) is 8.46. The molecule has 1 aromatic heterocycles. The lowest BCUT2D eigenvalue weighted by molar-refractivity contribution is -0.127. The van der Waals surface area contributed by atoms with Gasteiger partial charge in [-0.1, -0.05) is 6.92 Å². The van der Waals surface area contributed by atoms with Gasteiger partial charge in [-0.2, -0.15) is 0 Å². The van der Waals surface area contributed by atoms with Crippen LogP contribution in [0, 0.1) is 0 Å². The van der Waals surface area contributed by atoms with E-state index in [0.717, 1.165) is 11.4 Å². The van der Waals surface area contributed by atoms with Crippen LogP contribution in [0.1, 0.15) is 16.8 Å². The summed E-state index contributed by atoms with van der Waals surface area (Å²) in [6.45, 7) is 3.99. The summed E-state index contributed by atoms with van der Waals surface area (Å²) in [5.74, 6) is 0.538. The molecule has 0 saturated carbocycles. The molecule has 22 heavy (non-hydrogen) atoms. The molecular formula is C14H25N5O2S. The highest BCUT2D eigenvalue weighted by Crippen LogP contribution is 2.12. The molecule has 0 aliphatic heterocycles. The van der Waals surface area contributed by atoms with Gasteiger partial charge in [0.2, 0.25) is 5.91 Å². The first-order valence-electron chi connectivity index (χ1n) is 7.21. The Balaban J connectivity index is 2.56. The molecular weight excluding hydrogens is 302 g/mol. The first kappa shape index (κ1) is 18.4. The van der Waals surface area contributed by atoms with Gasteiger partial charge in [-0.25, -0.2) is 9.98 Å². The molecule has 1 aromatic rings. The zero-order chi connectivity index (χ0) is 16.4. The van der Waals surface area contributed by atoms with Gasteiger partial charge in [0.05, 0.1) is 13.2 Å². The van der Waals surface area contributed by atoms with Crippen LogP contribution in [0.25, 0.3) is 0 Å². The molecule has 8 heteroatoms. The van der Waals surface area contributed by atoms with E-state index in [1.54, 1.807) is 32.5 Å². The largest absolute Gasteiger partial charge is 0.383 e. The summed E-state index contributed by atoms with van der Waals surface area (Å²) in [6.07, 6.45) is 2.88. The molecule has 0 unspecified atom stereocenters. The molecule has 0 fully saturated rings. The molecule has 7 nitrogen and oxygen atoms in total. The lowest BCUT2D eigenvalue weighted by Gasteiger charge is -2.12. The second-order valence-corrected chi connectivity index (χ2v) is 6.00. The predicted octanol–water partition coefficient (Wildman–Crippen LogP) is 0.475. The van der Waals surface area contributed by atoms with E-state index in [1.807, 2.05) is 6.20 Å². The highest BCUT2D eigenvalue weighted by Gasteiger charge is 2.06. The molecule has 0 aromatic carbocycles. The van der Waals surface area contributed by atoms with Crippen LogP contribution in [0.15, 0.2) is 11.2 Å². The maximum absolute atomic E-state index is 11.6. The Bertz CT molecular complexity index is 487. The van der Waals surface area contributed by atoms with Gasteiger partial charge in [-0.3, -0.25) is 4.79 Å². The minimum atomic E-state index is -0.0460. The molecule has 1 rings (SSSR count). The average molecular weight is 327 g/mol. The lowest BCUT2D eigenvalue weighted by Crippen LogP contribution is -2.39. The van der Waals surface area contributed by atoms with Crippen LogP contribution >= 0.6 is 11.3 Å². The fourth-order valence-electron chi connectivity index (χ4n) is 1.49. The third-order valence-electron chi connectivity index (χ3n) is 2.83.